The molecule has 0 aliphatic carbocycles. The number of hydrogen-bond donors (Lipinski definition) is 1. The number of carbonyl (C=O) groups is 1. The van der Waals surface area contributed by atoms with Gasteiger partial charge in [0.05, 0.1) is 0 Å². The third-order valence-electron chi connectivity index (χ3n) is 3.37. The van der Waals surface area contributed by atoms with Crippen LogP contribution >= 0.6 is 0 Å². The average molecular weight is 277 g/mol. The minimum absolute atomic E-state index is 0.00541. The van der Waals surface area contributed by atoms with Gasteiger partial charge in [-0.15, -0.1) is 10.2 Å². The first-order valence-corrected chi connectivity index (χ1v) is 7.18. The number of carbonyl (C=O) groups excluding carboxylic acids is 1. The number of aromatic nitrogens is 2. The Labute approximate surface area is 120 Å². The predicted octanol–water partition coefficient (Wildman–Crippen LogP) is 1.08. The van der Waals surface area contributed by atoms with Gasteiger partial charge in [0.1, 0.15) is 5.82 Å². The average Bonchev–Trinajstić information content (AvgIpc) is 2.97. The predicted molar refractivity (Wildman–Crippen MR) is 78.8 cm³/mol. The van der Waals surface area contributed by atoms with E-state index in [-0.39, 0.29) is 5.91 Å². The third-order valence-corrected chi connectivity index (χ3v) is 3.37. The molecule has 6 nitrogen and oxygen atoms in total. The molecule has 1 fully saturated rings. The van der Waals surface area contributed by atoms with Crippen molar-refractivity contribution in [3.05, 3.63) is 17.8 Å². The number of rotatable bonds is 6. The van der Waals surface area contributed by atoms with Crippen LogP contribution in [0.5, 0.6) is 0 Å². The van der Waals surface area contributed by atoms with E-state index < -0.39 is 0 Å². The minimum atomic E-state index is -0.00541. The fraction of sp³-hybridized carbons (Fsp3) is 0.643. The lowest BCUT2D eigenvalue weighted by Crippen LogP contribution is -2.28. The molecule has 1 amide bonds. The lowest BCUT2D eigenvalue weighted by Gasteiger charge is -2.14. The Hall–Kier alpha value is -1.69. The van der Waals surface area contributed by atoms with Crippen LogP contribution in [0.2, 0.25) is 0 Å². The first kappa shape index (κ1) is 14.7. The number of anilines is 1. The van der Waals surface area contributed by atoms with Crippen molar-refractivity contribution in [1.82, 2.24) is 20.0 Å². The molecule has 1 aliphatic heterocycles. The molecule has 0 bridgehead atoms. The summed E-state index contributed by atoms with van der Waals surface area (Å²) in [6.45, 7) is 3.56. The summed E-state index contributed by atoms with van der Waals surface area (Å²) in [5.41, 5.74) is 0.436. The Morgan fingerprint density at radius 3 is 2.65 bits per heavy atom. The topological polar surface area (TPSA) is 61.4 Å². The van der Waals surface area contributed by atoms with E-state index in [1.807, 2.05) is 11.0 Å². The Morgan fingerprint density at radius 2 is 2.05 bits per heavy atom. The quantitative estimate of drug-likeness (QED) is 0.788. The molecule has 0 aromatic carbocycles. The van der Waals surface area contributed by atoms with Crippen molar-refractivity contribution >= 4 is 11.7 Å². The van der Waals surface area contributed by atoms with Gasteiger partial charge in [0, 0.05) is 19.6 Å². The number of nitrogens with one attached hydrogen (secondary N) is 1. The van der Waals surface area contributed by atoms with Gasteiger partial charge in [-0.1, -0.05) is 0 Å². The van der Waals surface area contributed by atoms with E-state index in [1.165, 1.54) is 0 Å². The SMILES string of the molecule is CN(C)CCCNc1ccc(C(=O)N2CCCC2)nn1. The van der Waals surface area contributed by atoms with Crippen LogP contribution in [0.25, 0.3) is 0 Å². The largest absolute Gasteiger partial charge is 0.369 e. The molecular weight excluding hydrogens is 254 g/mol. The molecule has 0 radical (unpaired) electrons. The van der Waals surface area contributed by atoms with Crippen molar-refractivity contribution in [3.63, 3.8) is 0 Å². The van der Waals surface area contributed by atoms with Crippen LogP contribution in [0.4, 0.5) is 5.82 Å². The lowest BCUT2D eigenvalue weighted by atomic mass is 10.3. The van der Waals surface area contributed by atoms with Gasteiger partial charge < -0.3 is 15.1 Å². The van der Waals surface area contributed by atoms with Crippen LogP contribution in [0.3, 0.4) is 0 Å². The maximum Gasteiger partial charge on any atom is 0.274 e. The fourth-order valence-corrected chi connectivity index (χ4v) is 2.23. The Bertz CT molecular complexity index is 426. The summed E-state index contributed by atoms with van der Waals surface area (Å²) in [5.74, 6) is 0.718. The molecule has 1 aromatic rings. The van der Waals surface area contributed by atoms with Gasteiger partial charge in [0.15, 0.2) is 5.69 Å². The maximum atomic E-state index is 12.1. The second-order valence-electron chi connectivity index (χ2n) is 5.39. The van der Waals surface area contributed by atoms with E-state index in [0.29, 0.717) is 5.69 Å². The summed E-state index contributed by atoms with van der Waals surface area (Å²) < 4.78 is 0. The van der Waals surface area contributed by atoms with E-state index in [9.17, 15) is 4.79 Å². The summed E-state index contributed by atoms with van der Waals surface area (Å²) in [4.78, 5) is 16.1. The third kappa shape index (κ3) is 4.16. The minimum Gasteiger partial charge on any atom is -0.369 e. The molecular formula is C14H23N5O. The highest BCUT2D eigenvalue weighted by molar-refractivity contribution is 5.92. The fourth-order valence-electron chi connectivity index (χ4n) is 2.23. The highest BCUT2D eigenvalue weighted by Crippen LogP contribution is 2.11. The maximum absolute atomic E-state index is 12.1. The molecule has 20 heavy (non-hydrogen) atoms. The van der Waals surface area contributed by atoms with Gasteiger partial charge in [-0.3, -0.25) is 4.79 Å². The lowest BCUT2D eigenvalue weighted by molar-refractivity contribution is 0.0786. The van der Waals surface area contributed by atoms with Crippen molar-refractivity contribution in [2.75, 3.05) is 45.6 Å². The van der Waals surface area contributed by atoms with E-state index in [4.69, 9.17) is 0 Å². The molecule has 0 spiro atoms. The standard InChI is InChI=1S/C14H23N5O/c1-18(2)9-5-8-15-13-7-6-12(16-17-13)14(20)19-10-3-4-11-19/h6-7H,3-5,8-11H2,1-2H3,(H,15,17). The van der Waals surface area contributed by atoms with E-state index in [2.05, 4.69) is 34.5 Å². The molecule has 6 heteroatoms. The van der Waals surface area contributed by atoms with Crippen molar-refractivity contribution in [2.45, 2.75) is 19.3 Å². The van der Waals surface area contributed by atoms with E-state index in [1.54, 1.807) is 6.07 Å². The highest BCUT2D eigenvalue weighted by Gasteiger charge is 2.20. The smallest absolute Gasteiger partial charge is 0.274 e. The Kier molecular flexibility index (Phi) is 5.29. The zero-order valence-corrected chi connectivity index (χ0v) is 12.3. The monoisotopic (exact) mass is 277 g/mol. The highest BCUT2D eigenvalue weighted by atomic mass is 16.2. The van der Waals surface area contributed by atoms with Crippen LogP contribution in [0.15, 0.2) is 12.1 Å². The van der Waals surface area contributed by atoms with Crippen molar-refractivity contribution in [1.29, 1.82) is 0 Å². The molecule has 0 saturated carbocycles. The van der Waals surface area contributed by atoms with E-state index in [0.717, 1.165) is 51.3 Å². The number of amides is 1. The number of hydrogen-bond acceptors (Lipinski definition) is 5. The Balaban J connectivity index is 1.81. The van der Waals surface area contributed by atoms with Crippen LogP contribution < -0.4 is 5.32 Å². The molecule has 1 N–H and O–H groups in total. The summed E-state index contributed by atoms with van der Waals surface area (Å²) >= 11 is 0. The van der Waals surface area contributed by atoms with Crippen LogP contribution in [-0.4, -0.2) is 66.2 Å². The van der Waals surface area contributed by atoms with Gasteiger partial charge >= 0.3 is 0 Å². The molecule has 1 aliphatic rings. The molecule has 2 rings (SSSR count). The van der Waals surface area contributed by atoms with Gasteiger partial charge in [0.2, 0.25) is 0 Å². The second-order valence-corrected chi connectivity index (χ2v) is 5.39. The first-order chi connectivity index (χ1) is 9.66. The van der Waals surface area contributed by atoms with Gasteiger partial charge in [-0.2, -0.15) is 0 Å². The van der Waals surface area contributed by atoms with Crippen molar-refractivity contribution in [2.24, 2.45) is 0 Å². The van der Waals surface area contributed by atoms with Crippen LogP contribution in [-0.2, 0) is 0 Å². The first-order valence-electron chi connectivity index (χ1n) is 7.18. The van der Waals surface area contributed by atoms with Gasteiger partial charge in [-0.25, -0.2) is 0 Å². The molecule has 0 atom stereocenters. The second kappa shape index (κ2) is 7.19. The zero-order valence-electron chi connectivity index (χ0n) is 12.3. The molecule has 1 saturated heterocycles. The summed E-state index contributed by atoms with van der Waals surface area (Å²) in [5, 5.41) is 11.3. The van der Waals surface area contributed by atoms with Gasteiger partial charge in [-0.05, 0) is 52.0 Å². The zero-order chi connectivity index (χ0) is 14.4. The molecule has 1 aromatic heterocycles. The normalized spacial score (nSPS) is 14.8. The summed E-state index contributed by atoms with van der Waals surface area (Å²) in [6, 6.07) is 3.58. The van der Waals surface area contributed by atoms with Crippen molar-refractivity contribution in [3.8, 4) is 0 Å². The molecule has 0 unspecified atom stereocenters. The van der Waals surface area contributed by atoms with Crippen LogP contribution in [0.1, 0.15) is 29.8 Å². The summed E-state index contributed by atoms with van der Waals surface area (Å²) in [6.07, 6.45) is 3.22. The van der Waals surface area contributed by atoms with Crippen molar-refractivity contribution < 1.29 is 4.79 Å². The Morgan fingerprint density at radius 1 is 1.30 bits per heavy atom. The van der Waals surface area contributed by atoms with E-state index >= 15 is 0 Å². The summed E-state index contributed by atoms with van der Waals surface area (Å²) in [7, 11) is 4.11. The van der Waals surface area contributed by atoms with Gasteiger partial charge in [0.25, 0.3) is 5.91 Å². The van der Waals surface area contributed by atoms with Crippen LogP contribution in [0, 0.1) is 0 Å². The molecule has 2 heterocycles. The number of nitrogens with zero attached hydrogens (tertiary/aromatic N) is 4. The number of likely N-dealkylation sites (tertiary alicyclic amines) is 1. The molecule has 110 valence electrons.